The molecule has 0 aliphatic carbocycles. The molecular formula is C10H18N2O2S2. The van der Waals surface area contributed by atoms with Crippen LogP contribution < -0.4 is 10.6 Å². The third-order valence-corrected chi connectivity index (χ3v) is 5.43. The average molecular weight is 262 g/mol. The Labute approximate surface area is 104 Å². The van der Waals surface area contributed by atoms with E-state index in [4.69, 9.17) is 5.11 Å². The molecule has 0 amide bonds. The highest BCUT2D eigenvalue weighted by molar-refractivity contribution is 8.03. The number of thioether (sulfide) groups is 2. The molecule has 2 atom stereocenters. The first-order valence-corrected chi connectivity index (χ1v) is 7.94. The van der Waals surface area contributed by atoms with Gasteiger partial charge in [0.2, 0.25) is 0 Å². The van der Waals surface area contributed by atoms with Crippen molar-refractivity contribution in [3.05, 3.63) is 0 Å². The van der Waals surface area contributed by atoms with E-state index in [1.807, 2.05) is 23.5 Å². The standard InChI is InChI=1S/C10H18N2O2S2/c13-10(14)9-3-7(4-11-9)12-8-5-15-1-2-16-6-8/h7-9,11-12H,1-6H2,(H,13,14)/t7-,9-/m0/s1. The smallest absolute Gasteiger partial charge is 0.320 e. The first-order chi connectivity index (χ1) is 7.75. The lowest BCUT2D eigenvalue weighted by Crippen LogP contribution is -2.42. The van der Waals surface area contributed by atoms with Crippen LogP contribution in [0.2, 0.25) is 0 Å². The second kappa shape index (κ2) is 6.14. The average Bonchev–Trinajstić information content (AvgIpc) is 2.56. The van der Waals surface area contributed by atoms with Gasteiger partial charge < -0.3 is 15.7 Å². The molecule has 2 fully saturated rings. The summed E-state index contributed by atoms with van der Waals surface area (Å²) in [5, 5.41) is 15.5. The molecule has 0 saturated carbocycles. The number of carboxylic acid groups (broad SMARTS) is 1. The van der Waals surface area contributed by atoms with Gasteiger partial charge in [0.15, 0.2) is 0 Å². The molecule has 0 unspecified atom stereocenters. The number of carbonyl (C=O) groups is 1. The Morgan fingerprint density at radius 3 is 2.50 bits per heavy atom. The topological polar surface area (TPSA) is 61.4 Å². The molecule has 92 valence electrons. The van der Waals surface area contributed by atoms with E-state index in [-0.39, 0.29) is 6.04 Å². The number of hydrogen-bond donors (Lipinski definition) is 3. The first kappa shape index (κ1) is 12.5. The maximum atomic E-state index is 10.8. The third kappa shape index (κ3) is 3.55. The van der Waals surface area contributed by atoms with E-state index in [9.17, 15) is 4.79 Å². The summed E-state index contributed by atoms with van der Waals surface area (Å²) in [6, 6.07) is 0.505. The van der Waals surface area contributed by atoms with E-state index in [1.54, 1.807) is 0 Å². The van der Waals surface area contributed by atoms with Gasteiger partial charge in [-0.25, -0.2) is 0 Å². The zero-order chi connectivity index (χ0) is 11.4. The highest BCUT2D eigenvalue weighted by atomic mass is 32.2. The Morgan fingerprint density at radius 2 is 1.94 bits per heavy atom. The summed E-state index contributed by atoms with van der Waals surface area (Å²) in [5.41, 5.74) is 0. The van der Waals surface area contributed by atoms with Crippen LogP contribution in [-0.2, 0) is 4.79 Å². The van der Waals surface area contributed by atoms with Crippen molar-refractivity contribution in [2.24, 2.45) is 0 Å². The van der Waals surface area contributed by atoms with Crippen LogP contribution in [0.1, 0.15) is 6.42 Å². The van der Waals surface area contributed by atoms with Gasteiger partial charge in [-0.15, -0.1) is 0 Å². The summed E-state index contributed by atoms with van der Waals surface area (Å²) >= 11 is 3.99. The van der Waals surface area contributed by atoms with Crippen LogP contribution in [0.15, 0.2) is 0 Å². The number of rotatable bonds is 3. The van der Waals surface area contributed by atoms with Crippen molar-refractivity contribution >= 4 is 29.5 Å². The Kier molecular flexibility index (Phi) is 4.81. The van der Waals surface area contributed by atoms with Gasteiger partial charge in [0, 0.05) is 41.6 Å². The lowest BCUT2D eigenvalue weighted by Gasteiger charge is -2.20. The van der Waals surface area contributed by atoms with Crippen LogP contribution in [0.4, 0.5) is 0 Å². The van der Waals surface area contributed by atoms with Crippen LogP contribution in [0, 0.1) is 0 Å². The Morgan fingerprint density at radius 1 is 1.25 bits per heavy atom. The molecule has 2 heterocycles. The minimum absolute atomic E-state index is 0.324. The Bertz CT molecular complexity index is 245. The molecule has 16 heavy (non-hydrogen) atoms. The summed E-state index contributed by atoms with van der Waals surface area (Å²) in [7, 11) is 0. The number of nitrogens with one attached hydrogen (secondary N) is 2. The molecule has 0 bridgehead atoms. The van der Waals surface area contributed by atoms with Gasteiger partial charge in [-0.1, -0.05) is 0 Å². The Hall–Kier alpha value is 0.0900. The highest BCUT2D eigenvalue weighted by Gasteiger charge is 2.30. The lowest BCUT2D eigenvalue weighted by molar-refractivity contribution is -0.139. The minimum atomic E-state index is -0.728. The molecular weight excluding hydrogens is 244 g/mol. The number of aliphatic carboxylic acids is 1. The summed E-state index contributed by atoms with van der Waals surface area (Å²) in [5.74, 6) is 4.06. The maximum Gasteiger partial charge on any atom is 0.320 e. The van der Waals surface area contributed by atoms with E-state index in [2.05, 4.69) is 10.6 Å². The van der Waals surface area contributed by atoms with Crippen LogP contribution in [0.5, 0.6) is 0 Å². The summed E-state index contributed by atoms with van der Waals surface area (Å²) in [6.07, 6.45) is 0.709. The van der Waals surface area contributed by atoms with Crippen molar-refractivity contribution in [2.75, 3.05) is 29.6 Å². The monoisotopic (exact) mass is 262 g/mol. The van der Waals surface area contributed by atoms with Gasteiger partial charge in [0.25, 0.3) is 0 Å². The molecule has 6 heteroatoms. The summed E-state index contributed by atoms with van der Waals surface area (Å²) in [4.78, 5) is 10.8. The Balaban J connectivity index is 1.75. The number of carboxylic acids is 1. The van der Waals surface area contributed by atoms with Crippen LogP contribution in [0.3, 0.4) is 0 Å². The quantitative estimate of drug-likeness (QED) is 0.677. The molecule has 4 nitrogen and oxygen atoms in total. The van der Waals surface area contributed by atoms with E-state index in [0.29, 0.717) is 18.5 Å². The van der Waals surface area contributed by atoms with Gasteiger partial charge in [0.05, 0.1) is 0 Å². The van der Waals surface area contributed by atoms with E-state index < -0.39 is 5.97 Å². The predicted molar refractivity (Wildman–Crippen MR) is 69.4 cm³/mol. The molecule has 0 radical (unpaired) electrons. The predicted octanol–water partition coefficient (Wildman–Crippen LogP) is 0.240. The van der Waals surface area contributed by atoms with Crippen LogP contribution in [0.25, 0.3) is 0 Å². The van der Waals surface area contributed by atoms with Crippen molar-refractivity contribution in [2.45, 2.75) is 24.5 Å². The first-order valence-electron chi connectivity index (χ1n) is 5.63. The molecule has 3 N–H and O–H groups in total. The zero-order valence-electron chi connectivity index (χ0n) is 9.15. The normalized spacial score (nSPS) is 32.5. The molecule has 2 saturated heterocycles. The third-order valence-electron chi connectivity index (χ3n) is 2.91. The van der Waals surface area contributed by atoms with E-state index in [1.165, 1.54) is 11.5 Å². The molecule has 0 aromatic heterocycles. The minimum Gasteiger partial charge on any atom is -0.480 e. The van der Waals surface area contributed by atoms with Crippen molar-refractivity contribution in [3.63, 3.8) is 0 Å². The molecule has 2 aliphatic heterocycles. The van der Waals surface area contributed by atoms with Gasteiger partial charge >= 0.3 is 5.97 Å². The van der Waals surface area contributed by atoms with Gasteiger partial charge in [-0.2, -0.15) is 23.5 Å². The second-order valence-electron chi connectivity index (χ2n) is 4.25. The molecule has 0 aromatic carbocycles. The second-order valence-corrected chi connectivity index (χ2v) is 6.54. The summed E-state index contributed by atoms with van der Waals surface area (Å²) < 4.78 is 0. The van der Waals surface area contributed by atoms with Gasteiger partial charge in [0.1, 0.15) is 6.04 Å². The van der Waals surface area contributed by atoms with E-state index >= 15 is 0 Å². The SMILES string of the molecule is O=C(O)[C@@H]1C[C@H](NC2CSCCSC2)CN1. The van der Waals surface area contributed by atoms with Crippen LogP contribution >= 0.6 is 23.5 Å². The largest absolute Gasteiger partial charge is 0.480 e. The molecule has 2 aliphatic rings. The van der Waals surface area contributed by atoms with Crippen molar-refractivity contribution in [3.8, 4) is 0 Å². The fraction of sp³-hybridized carbons (Fsp3) is 0.900. The lowest BCUT2D eigenvalue weighted by atomic mass is 10.1. The van der Waals surface area contributed by atoms with Crippen LogP contribution in [-0.4, -0.2) is 58.8 Å². The molecule has 0 spiro atoms. The maximum absolute atomic E-state index is 10.8. The van der Waals surface area contributed by atoms with Crippen molar-refractivity contribution in [1.82, 2.24) is 10.6 Å². The van der Waals surface area contributed by atoms with Crippen molar-refractivity contribution < 1.29 is 9.90 Å². The number of hydrogen-bond acceptors (Lipinski definition) is 5. The highest BCUT2D eigenvalue weighted by Crippen LogP contribution is 2.18. The van der Waals surface area contributed by atoms with Gasteiger partial charge in [-0.3, -0.25) is 4.79 Å². The van der Waals surface area contributed by atoms with Crippen molar-refractivity contribution in [1.29, 1.82) is 0 Å². The van der Waals surface area contributed by atoms with E-state index in [0.717, 1.165) is 18.1 Å². The fourth-order valence-electron chi connectivity index (χ4n) is 2.10. The summed E-state index contributed by atoms with van der Waals surface area (Å²) in [6.45, 7) is 0.781. The van der Waals surface area contributed by atoms with Gasteiger partial charge in [-0.05, 0) is 6.42 Å². The fourth-order valence-corrected chi connectivity index (χ4v) is 4.52. The molecule has 0 aromatic rings. The molecule has 2 rings (SSSR count). The zero-order valence-corrected chi connectivity index (χ0v) is 10.8.